The van der Waals surface area contributed by atoms with Crippen molar-refractivity contribution in [2.24, 2.45) is 5.73 Å². The zero-order valence-electron chi connectivity index (χ0n) is 23.7. The summed E-state index contributed by atoms with van der Waals surface area (Å²) < 4.78 is 6.25. The maximum atomic E-state index is 13.7. The Labute approximate surface area is 247 Å². The molecule has 0 aromatic heterocycles. The molecule has 5 rings (SSSR count). The number of piperazine rings is 1. The Hall–Kier alpha value is -4.66. The third-order valence-corrected chi connectivity index (χ3v) is 7.25. The monoisotopic (exact) mass is 563 g/mol. The van der Waals surface area contributed by atoms with E-state index < -0.39 is 0 Å². The maximum Gasteiger partial charge on any atom is 0.234 e. The molecule has 4 aromatic rings. The molecule has 1 heterocycles. The number of carbonyl (C=O) groups excluding carboxylic acids is 2. The van der Waals surface area contributed by atoms with Gasteiger partial charge in [0.05, 0.1) is 12.2 Å². The molecular formula is C34H37N5O3. The molecule has 0 radical (unpaired) electrons. The first-order valence-electron chi connectivity index (χ1n) is 14.3. The van der Waals surface area contributed by atoms with Crippen LogP contribution < -0.4 is 25.7 Å². The van der Waals surface area contributed by atoms with Crippen molar-refractivity contribution in [3.63, 3.8) is 0 Å². The number of amides is 2. The second kappa shape index (κ2) is 14.3. The predicted molar refractivity (Wildman–Crippen MR) is 166 cm³/mol. The molecule has 1 aliphatic heterocycles. The number of nitrogens with zero attached hydrogens (tertiary/aromatic N) is 3. The molecule has 42 heavy (non-hydrogen) atoms. The van der Waals surface area contributed by atoms with Gasteiger partial charge in [-0.1, -0.05) is 72.8 Å². The molecule has 2 amide bonds. The Morgan fingerprint density at radius 3 is 2.17 bits per heavy atom. The van der Waals surface area contributed by atoms with Crippen LogP contribution in [0.25, 0.3) is 0 Å². The number of hydrogen-bond donors (Lipinski definition) is 2. The SMILES string of the molecule is NCc1cccc(Oc2ccccc2N(Cc2ccccc2)C(=O)CCC(=O)NN2CCN(c3ccccc3)CC2)c1. The van der Waals surface area contributed by atoms with E-state index in [-0.39, 0.29) is 24.7 Å². The number of hydrogen-bond acceptors (Lipinski definition) is 6. The normalized spacial score (nSPS) is 13.4. The van der Waals surface area contributed by atoms with Crippen molar-refractivity contribution in [2.45, 2.75) is 25.9 Å². The lowest BCUT2D eigenvalue weighted by Crippen LogP contribution is -2.53. The molecule has 0 saturated carbocycles. The van der Waals surface area contributed by atoms with Crippen LogP contribution in [-0.2, 0) is 22.7 Å². The first-order valence-corrected chi connectivity index (χ1v) is 14.3. The predicted octanol–water partition coefficient (Wildman–Crippen LogP) is 5.10. The van der Waals surface area contributed by atoms with Gasteiger partial charge in [-0.3, -0.25) is 15.0 Å². The van der Waals surface area contributed by atoms with Gasteiger partial charge in [0.25, 0.3) is 0 Å². The number of nitrogens with two attached hydrogens (primary N) is 1. The topological polar surface area (TPSA) is 91.1 Å². The number of hydrazine groups is 1. The molecule has 1 aliphatic rings. The summed E-state index contributed by atoms with van der Waals surface area (Å²) >= 11 is 0. The average molecular weight is 564 g/mol. The molecule has 0 unspecified atom stereocenters. The van der Waals surface area contributed by atoms with E-state index in [1.165, 1.54) is 5.69 Å². The van der Waals surface area contributed by atoms with Crippen LogP contribution in [0, 0.1) is 0 Å². The third kappa shape index (κ3) is 7.75. The van der Waals surface area contributed by atoms with Crippen molar-refractivity contribution in [1.29, 1.82) is 0 Å². The molecule has 216 valence electrons. The van der Waals surface area contributed by atoms with E-state index in [4.69, 9.17) is 10.5 Å². The minimum atomic E-state index is -0.167. The summed E-state index contributed by atoms with van der Waals surface area (Å²) in [5.41, 5.74) is 12.6. The zero-order valence-corrected chi connectivity index (χ0v) is 23.7. The third-order valence-electron chi connectivity index (χ3n) is 7.25. The standard InChI is InChI=1S/C34H37N5O3/c35-25-28-12-9-15-30(24-28)42-32-17-8-7-16-31(32)39(26-27-10-3-1-4-11-27)34(41)19-18-33(40)36-38-22-20-37(21-23-38)29-13-5-2-6-14-29/h1-17,24H,18-23,25-26,35H2,(H,36,40). The molecule has 0 bridgehead atoms. The van der Waals surface area contributed by atoms with Crippen molar-refractivity contribution in [3.05, 3.63) is 120 Å². The van der Waals surface area contributed by atoms with Crippen LogP contribution in [0.2, 0.25) is 0 Å². The Kier molecular flexibility index (Phi) is 9.82. The van der Waals surface area contributed by atoms with Gasteiger partial charge in [-0.05, 0) is 47.5 Å². The van der Waals surface area contributed by atoms with Crippen LogP contribution >= 0.6 is 0 Å². The van der Waals surface area contributed by atoms with Gasteiger partial charge in [0.2, 0.25) is 11.8 Å². The molecule has 4 aromatic carbocycles. The summed E-state index contributed by atoms with van der Waals surface area (Å²) in [5, 5.41) is 1.94. The van der Waals surface area contributed by atoms with Crippen LogP contribution in [0.5, 0.6) is 11.5 Å². The number of nitrogens with one attached hydrogen (secondary N) is 1. The van der Waals surface area contributed by atoms with Crippen molar-refractivity contribution in [1.82, 2.24) is 10.4 Å². The minimum absolute atomic E-state index is 0.0691. The van der Waals surface area contributed by atoms with E-state index in [0.717, 1.165) is 24.2 Å². The van der Waals surface area contributed by atoms with Crippen molar-refractivity contribution in [3.8, 4) is 11.5 Å². The van der Waals surface area contributed by atoms with E-state index >= 15 is 0 Å². The second-order valence-corrected chi connectivity index (χ2v) is 10.2. The summed E-state index contributed by atoms with van der Waals surface area (Å²) in [4.78, 5) is 30.6. The number of benzene rings is 4. The Morgan fingerprint density at radius 2 is 1.43 bits per heavy atom. The van der Waals surface area contributed by atoms with Crippen LogP contribution in [0.15, 0.2) is 109 Å². The molecule has 0 atom stereocenters. The molecule has 0 spiro atoms. The van der Waals surface area contributed by atoms with Gasteiger partial charge >= 0.3 is 0 Å². The highest BCUT2D eigenvalue weighted by atomic mass is 16.5. The summed E-state index contributed by atoms with van der Waals surface area (Å²) in [6, 6.07) is 35.1. The van der Waals surface area contributed by atoms with Crippen LogP contribution in [0.1, 0.15) is 24.0 Å². The van der Waals surface area contributed by atoms with Gasteiger partial charge in [0.1, 0.15) is 5.75 Å². The van der Waals surface area contributed by atoms with Crippen LogP contribution in [-0.4, -0.2) is 43.0 Å². The first-order chi connectivity index (χ1) is 20.6. The van der Waals surface area contributed by atoms with E-state index in [1.807, 2.05) is 102 Å². The number of rotatable bonds is 11. The first kappa shape index (κ1) is 28.9. The van der Waals surface area contributed by atoms with Gasteiger partial charge < -0.3 is 20.3 Å². The molecule has 8 nitrogen and oxygen atoms in total. The fraction of sp³-hybridized carbons (Fsp3) is 0.235. The zero-order chi connectivity index (χ0) is 29.1. The Balaban J connectivity index is 1.24. The van der Waals surface area contributed by atoms with Gasteiger partial charge in [0.15, 0.2) is 5.75 Å². The highest BCUT2D eigenvalue weighted by molar-refractivity contribution is 5.96. The van der Waals surface area contributed by atoms with E-state index in [0.29, 0.717) is 43.4 Å². The quantitative estimate of drug-likeness (QED) is 0.264. The van der Waals surface area contributed by atoms with Crippen molar-refractivity contribution in [2.75, 3.05) is 36.0 Å². The minimum Gasteiger partial charge on any atom is -0.455 e. The number of para-hydroxylation sites is 3. The van der Waals surface area contributed by atoms with E-state index in [1.54, 1.807) is 4.90 Å². The molecule has 8 heteroatoms. The summed E-state index contributed by atoms with van der Waals surface area (Å²) in [7, 11) is 0. The molecule has 0 aliphatic carbocycles. The van der Waals surface area contributed by atoms with E-state index in [2.05, 4.69) is 22.5 Å². The Bertz CT molecular complexity index is 1460. The summed E-state index contributed by atoms with van der Waals surface area (Å²) in [6.07, 6.45) is 0.157. The lowest BCUT2D eigenvalue weighted by Gasteiger charge is -2.36. The van der Waals surface area contributed by atoms with Crippen molar-refractivity contribution >= 4 is 23.2 Å². The lowest BCUT2D eigenvalue weighted by molar-refractivity contribution is -0.128. The molecular weight excluding hydrogens is 526 g/mol. The van der Waals surface area contributed by atoms with Gasteiger partial charge in [0, 0.05) is 51.3 Å². The maximum absolute atomic E-state index is 13.7. The van der Waals surface area contributed by atoms with Crippen LogP contribution in [0.4, 0.5) is 11.4 Å². The fourth-order valence-electron chi connectivity index (χ4n) is 5.01. The summed E-state index contributed by atoms with van der Waals surface area (Å²) in [5.74, 6) is 0.870. The highest BCUT2D eigenvalue weighted by Crippen LogP contribution is 2.34. The number of anilines is 2. The highest BCUT2D eigenvalue weighted by Gasteiger charge is 2.23. The van der Waals surface area contributed by atoms with Crippen molar-refractivity contribution < 1.29 is 14.3 Å². The fourth-order valence-corrected chi connectivity index (χ4v) is 5.01. The van der Waals surface area contributed by atoms with Gasteiger partial charge in [-0.2, -0.15) is 0 Å². The van der Waals surface area contributed by atoms with Crippen LogP contribution in [0.3, 0.4) is 0 Å². The Morgan fingerprint density at radius 1 is 0.762 bits per heavy atom. The summed E-state index contributed by atoms with van der Waals surface area (Å²) in [6.45, 7) is 3.82. The van der Waals surface area contributed by atoms with Gasteiger partial charge in [-0.15, -0.1) is 0 Å². The number of carbonyl (C=O) groups is 2. The largest absolute Gasteiger partial charge is 0.455 e. The molecule has 3 N–H and O–H groups in total. The average Bonchev–Trinajstić information content (AvgIpc) is 3.04. The molecule has 1 saturated heterocycles. The van der Waals surface area contributed by atoms with Gasteiger partial charge in [-0.25, -0.2) is 5.01 Å². The molecule has 1 fully saturated rings. The smallest absolute Gasteiger partial charge is 0.234 e. The number of ether oxygens (including phenoxy) is 1. The second-order valence-electron chi connectivity index (χ2n) is 10.2. The lowest BCUT2D eigenvalue weighted by atomic mass is 10.1. The van der Waals surface area contributed by atoms with E-state index in [9.17, 15) is 9.59 Å².